The van der Waals surface area contributed by atoms with E-state index in [2.05, 4.69) is 5.32 Å². The van der Waals surface area contributed by atoms with Gasteiger partial charge in [0.05, 0.1) is 0 Å². The first kappa shape index (κ1) is 12.4. The van der Waals surface area contributed by atoms with Crippen LogP contribution in [0.3, 0.4) is 0 Å². The predicted molar refractivity (Wildman–Crippen MR) is 74.4 cm³/mol. The van der Waals surface area contributed by atoms with Crippen molar-refractivity contribution in [2.45, 2.75) is 13.0 Å². The molecule has 0 aromatic heterocycles. The molecule has 100 valence electrons. The Balaban J connectivity index is 2.23. The van der Waals surface area contributed by atoms with Crippen molar-refractivity contribution in [2.75, 3.05) is 5.32 Å². The second-order valence-corrected chi connectivity index (χ2v) is 4.62. The molecule has 0 radical (unpaired) electrons. The maximum absolute atomic E-state index is 12.2. The van der Waals surface area contributed by atoms with Crippen LogP contribution in [0.5, 0.6) is 0 Å². The van der Waals surface area contributed by atoms with Crippen LogP contribution in [0.15, 0.2) is 48.5 Å². The smallest absolute Gasteiger partial charge is 0.303 e. The number of benzene rings is 2. The average Bonchev–Trinajstić information content (AvgIpc) is 2.55. The third-order valence-corrected chi connectivity index (χ3v) is 3.26. The van der Waals surface area contributed by atoms with Gasteiger partial charge in [0.1, 0.15) is 0 Å². The summed E-state index contributed by atoms with van der Waals surface area (Å²) >= 11 is 0. The fourth-order valence-corrected chi connectivity index (χ4v) is 2.42. The van der Waals surface area contributed by atoms with Crippen molar-refractivity contribution in [3.05, 3.63) is 65.2 Å². The number of carbonyl (C=O) groups is 2. The molecule has 0 saturated heterocycles. The molecular weight excluding hydrogens is 254 g/mol. The Morgan fingerprint density at radius 2 is 1.70 bits per heavy atom. The molecule has 0 bridgehead atoms. The van der Waals surface area contributed by atoms with Gasteiger partial charge in [-0.2, -0.15) is 0 Å². The maximum atomic E-state index is 12.2. The molecule has 20 heavy (non-hydrogen) atoms. The monoisotopic (exact) mass is 267 g/mol. The number of nitrogens with one attached hydrogen (secondary N) is 1. The van der Waals surface area contributed by atoms with E-state index in [0.29, 0.717) is 16.8 Å². The summed E-state index contributed by atoms with van der Waals surface area (Å²) in [4.78, 5) is 23.6. The van der Waals surface area contributed by atoms with Gasteiger partial charge < -0.3 is 10.1 Å². The van der Waals surface area contributed by atoms with E-state index in [-0.39, 0.29) is 11.9 Å². The third kappa shape index (κ3) is 2.05. The van der Waals surface area contributed by atoms with Gasteiger partial charge in [0.15, 0.2) is 6.10 Å². The molecule has 0 spiro atoms. The summed E-state index contributed by atoms with van der Waals surface area (Å²) in [6, 6.07) is 14.5. The van der Waals surface area contributed by atoms with E-state index in [1.807, 2.05) is 30.3 Å². The van der Waals surface area contributed by atoms with Crippen molar-refractivity contribution in [1.29, 1.82) is 0 Å². The van der Waals surface area contributed by atoms with E-state index in [9.17, 15) is 9.59 Å². The summed E-state index contributed by atoms with van der Waals surface area (Å²) in [5.41, 5.74) is 2.67. The summed E-state index contributed by atoms with van der Waals surface area (Å²) in [5, 5.41) is 2.85. The van der Waals surface area contributed by atoms with Gasteiger partial charge in [0.2, 0.25) is 0 Å². The Morgan fingerprint density at radius 3 is 2.45 bits per heavy atom. The van der Waals surface area contributed by atoms with Gasteiger partial charge >= 0.3 is 5.97 Å². The maximum Gasteiger partial charge on any atom is 0.303 e. The van der Waals surface area contributed by atoms with Crippen molar-refractivity contribution in [3.63, 3.8) is 0 Å². The zero-order valence-electron chi connectivity index (χ0n) is 10.9. The molecule has 2 aromatic rings. The number of carbonyl (C=O) groups excluding carboxylic acids is 2. The normalized spacial score (nSPS) is 16.4. The van der Waals surface area contributed by atoms with Crippen LogP contribution in [0.2, 0.25) is 0 Å². The number of fused-ring (bicyclic) bond motifs is 2. The number of anilines is 1. The minimum atomic E-state index is -0.571. The Bertz CT molecular complexity index is 694. The van der Waals surface area contributed by atoms with Gasteiger partial charge in [-0.05, 0) is 12.1 Å². The number of para-hydroxylation sites is 1. The second kappa shape index (κ2) is 4.81. The van der Waals surface area contributed by atoms with Crippen LogP contribution < -0.4 is 5.32 Å². The zero-order valence-corrected chi connectivity index (χ0v) is 10.9. The van der Waals surface area contributed by atoms with E-state index >= 15 is 0 Å². The summed E-state index contributed by atoms with van der Waals surface area (Å²) in [7, 11) is 0. The van der Waals surface area contributed by atoms with Crippen LogP contribution in [0.1, 0.15) is 34.5 Å². The highest BCUT2D eigenvalue weighted by molar-refractivity contribution is 6.07. The van der Waals surface area contributed by atoms with Crippen LogP contribution >= 0.6 is 0 Å². The van der Waals surface area contributed by atoms with Crippen LogP contribution in [0.25, 0.3) is 0 Å². The highest BCUT2D eigenvalue weighted by Crippen LogP contribution is 2.36. The third-order valence-electron chi connectivity index (χ3n) is 3.26. The van der Waals surface area contributed by atoms with Gasteiger partial charge in [-0.25, -0.2) is 0 Å². The first-order chi connectivity index (χ1) is 9.66. The molecule has 0 aliphatic carbocycles. The van der Waals surface area contributed by atoms with Crippen molar-refractivity contribution < 1.29 is 14.3 Å². The highest BCUT2D eigenvalue weighted by Gasteiger charge is 2.28. The van der Waals surface area contributed by atoms with E-state index in [1.54, 1.807) is 18.2 Å². The number of hydrogen-bond acceptors (Lipinski definition) is 3. The van der Waals surface area contributed by atoms with Crippen molar-refractivity contribution in [2.24, 2.45) is 0 Å². The topological polar surface area (TPSA) is 55.4 Å². The molecule has 0 fully saturated rings. The average molecular weight is 267 g/mol. The lowest BCUT2D eigenvalue weighted by atomic mass is 9.97. The van der Waals surface area contributed by atoms with Crippen LogP contribution in [0, 0.1) is 0 Å². The van der Waals surface area contributed by atoms with E-state index < -0.39 is 6.10 Å². The fourth-order valence-electron chi connectivity index (χ4n) is 2.42. The van der Waals surface area contributed by atoms with Crippen LogP contribution in [-0.4, -0.2) is 11.9 Å². The summed E-state index contributed by atoms with van der Waals surface area (Å²) in [6.07, 6.45) is -0.571. The molecule has 1 atom stereocenters. The molecule has 4 nitrogen and oxygen atoms in total. The number of hydrogen-bond donors (Lipinski definition) is 1. The minimum Gasteiger partial charge on any atom is -0.453 e. The SMILES string of the molecule is CC(=O)OC1c2ccccc2NC(=O)c2ccccc21. The standard InChI is InChI=1S/C16H13NO3/c1-10(18)20-15-11-6-2-3-7-12(11)16(19)17-14-9-5-4-8-13(14)15/h2-9,15H,1H3,(H,17,19). The quantitative estimate of drug-likeness (QED) is 0.808. The lowest BCUT2D eigenvalue weighted by Crippen LogP contribution is -2.12. The van der Waals surface area contributed by atoms with Gasteiger partial charge in [0.25, 0.3) is 5.91 Å². The summed E-state index contributed by atoms with van der Waals surface area (Å²) < 4.78 is 5.44. The highest BCUT2D eigenvalue weighted by atomic mass is 16.5. The van der Waals surface area contributed by atoms with E-state index in [1.165, 1.54) is 6.92 Å². The van der Waals surface area contributed by atoms with Crippen LogP contribution in [-0.2, 0) is 9.53 Å². The first-order valence-corrected chi connectivity index (χ1v) is 6.33. The fraction of sp³-hybridized carbons (Fsp3) is 0.125. The molecule has 0 saturated carbocycles. The number of amides is 1. The molecule has 1 N–H and O–H groups in total. The van der Waals surface area contributed by atoms with Crippen molar-refractivity contribution >= 4 is 17.6 Å². The molecule has 3 rings (SSSR count). The summed E-state index contributed by atoms with van der Waals surface area (Å²) in [5.74, 6) is -0.573. The molecule has 2 aromatic carbocycles. The largest absolute Gasteiger partial charge is 0.453 e. The zero-order chi connectivity index (χ0) is 14.1. The van der Waals surface area contributed by atoms with Gasteiger partial charge in [0, 0.05) is 29.3 Å². The molecule has 1 amide bonds. The van der Waals surface area contributed by atoms with Gasteiger partial charge in [-0.15, -0.1) is 0 Å². The van der Waals surface area contributed by atoms with Crippen molar-refractivity contribution in [1.82, 2.24) is 0 Å². The number of ether oxygens (including phenoxy) is 1. The molecule has 1 heterocycles. The van der Waals surface area contributed by atoms with E-state index in [0.717, 1.165) is 5.56 Å². The lowest BCUT2D eigenvalue weighted by Gasteiger charge is -2.18. The Labute approximate surface area is 116 Å². The molecule has 1 unspecified atom stereocenters. The van der Waals surface area contributed by atoms with Crippen molar-refractivity contribution in [3.8, 4) is 0 Å². The van der Waals surface area contributed by atoms with Gasteiger partial charge in [-0.1, -0.05) is 36.4 Å². The second-order valence-electron chi connectivity index (χ2n) is 4.62. The van der Waals surface area contributed by atoms with Gasteiger partial charge in [-0.3, -0.25) is 9.59 Å². The number of esters is 1. The summed E-state index contributed by atoms with van der Waals surface area (Å²) in [6.45, 7) is 1.37. The first-order valence-electron chi connectivity index (χ1n) is 6.33. The number of rotatable bonds is 1. The molecule has 1 aliphatic rings. The van der Waals surface area contributed by atoms with E-state index in [4.69, 9.17) is 4.74 Å². The molecule has 1 aliphatic heterocycles. The molecule has 4 heteroatoms. The minimum absolute atomic E-state index is 0.192. The van der Waals surface area contributed by atoms with Crippen LogP contribution in [0.4, 0.5) is 5.69 Å². The Kier molecular flexibility index (Phi) is 2.99. The Morgan fingerprint density at radius 1 is 1.05 bits per heavy atom. The Hall–Kier alpha value is -2.62. The molecular formula is C16H13NO3. The predicted octanol–water partition coefficient (Wildman–Crippen LogP) is 2.90. The lowest BCUT2D eigenvalue weighted by molar-refractivity contribution is -0.144.